The molecule has 2 nitrogen and oxygen atoms in total. The summed E-state index contributed by atoms with van der Waals surface area (Å²) >= 11 is 2.10. The van der Waals surface area contributed by atoms with Crippen LogP contribution in [0.25, 0.3) is 0 Å². The van der Waals surface area contributed by atoms with Gasteiger partial charge in [-0.15, -0.1) is 0 Å². The predicted octanol–water partition coefficient (Wildman–Crippen LogP) is 3.00. The predicted molar refractivity (Wildman–Crippen MR) is 73.7 cm³/mol. The van der Waals surface area contributed by atoms with Crippen LogP contribution >= 0.6 is 22.6 Å². The maximum atomic E-state index is 13.5. The lowest BCUT2D eigenvalue weighted by molar-refractivity contribution is 0.0948. The fourth-order valence-corrected chi connectivity index (χ4v) is 2.66. The molecule has 0 aliphatic carbocycles. The van der Waals surface area contributed by atoms with E-state index in [1.165, 1.54) is 6.07 Å². The molecule has 1 aromatic rings. The summed E-state index contributed by atoms with van der Waals surface area (Å²) in [6, 6.07) is 4.69. The summed E-state index contributed by atoms with van der Waals surface area (Å²) in [5, 5.41) is 3.26. The van der Waals surface area contributed by atoms with Crippen LogP contribution in [0.15, 0.2) is 18.2 Å². The van der Waals surface area contributed by atoms with E-state index < -0.39 is 5.82 Å². The quantitative estimate of drug-likeness (QED) is 0.673. The van der Waals surface area contributed by atoms with Gasteiger partial charge >= 0.3 is 0 Å². The van der Waals surface area contributed by atoms with Gasteiger partial charge in [-0.05, 0) is 72.6 Å². The number of rotatable bonds is 3. The van der Waals surface area contributed by atoms with Gasteiger partial charge in [0.1, 0.15) is 5.82 Å². The van der Waals surface area contributed by atoms with Crippen molar-refractivity contribution in [3.63, 3.8) is 0 Å². The first-order valence-corrected chi connectivity index (χ1v) is 6.93. The number of Topliss-reactive ketones (excluding diaryl/α,β-unsaturated/α-hetero) is 1. The van der Waals surface area contributed by atoms with Gasteiger partial charge in [0.2, 0.25) is 0 Å². The van der Waals surface area contributed by atoms with E-state index in [1.807, 2.05) is 0 Å². The van der Waals surface area contributed by atoms with Crippen LogP contribution in [0.4, 0.5) is 4.39 Å². The highest BCUT2D eigenvalue weighted by Crippen LogP contribution is 2.21. The molecule has 1 N–H and O–H groups in total. The lowest BCUT2D eigenvalue weighted by Crippen LogP contribution is -2.29. The highest BCUT2D eigenvalue weighted by atomic mass is 127. The number of carbonyl (C=O) groups excluding carboxylic acids is 1. The minimum Gasteiger partial charge on any atom is -0.317 e. The van der Waals surface area contributed by atoms with E-state index in [9.17, 15) is 9.18 Å². The lowest BCUT2D eigenvalue weighted by atomic mass is 9.90. The number of halogens is 2. The molecule has 0 amide bonds. The molecule has 17 heavy (non-hydrogen) atoms. The van der Waals surface area contributed by atoms with Gasteiger partial charge in [0, 0.05) is 9.99 Å². The van der Waals surface area contributed by atoms with Gasteiger partial charge in [0.05, 0.1) is 5.56 Å². The Morgan fingerprint density at radius 3 is 2.82 bits per heavy atom. The zero-order valence-corrected chi connectivity index (χ0v) is 11.7. The Morgan fingerprint density at radius 2 is 2.12 bits per heavy atom. The first-order chi connectivity index (χ1) is 8.16. The molecule has 1 aliphatic rings. The third-order valence-electron chi connectivity index (χ3n) is 3.16. The van der Waals surface area contributed by atoms with Crippen LogP contribution in [0.3, 0.4) is 0 Å². The van der Waals surface area contributed by atoms with E-state index in [1.54, 1.807) is 12.1 Å². The van der Waals surface area contributed by atoms with Gasteiger partial charge in [0.25, 0.3) is 0 Å². The maximum Gasteiger partial charge on any atom is 0.166 e. The van der Waals surface area contributed by atoms with E-state index in [4.69, 9.17) is 0 Å². The second kappa shape index (κ2) is 5.91. The fourth-order valence-electron chi connectivity index (χ4n) is 2.17. The van der Waals surface area contributed by atoms with Gasteiger partial charge < -0.3 is 5.32 Å². The van der Waals surface area contributed by atoms with Crippen molar-refractivity contribution >= 4 is 28.4 Å². The number of hydrogen-bond donors (Lipinski definition) is 1. The Balaban J connectivity index is 2.05. The number of carbonyl (C=O) groups is 1. The zero-order valence-electron chi connectivity index (χ0n) is 9.51. The number of piperidine rings is 1. The molecule has 1 aromatic carbocycles. The number of ketones is 1. The van der Waals surface area contributed by atoms with Gasteiger partial charge in [-0.3, -0.25) is 4.79 Å². The van der Waals surface area contributed by atoms with Crippen molar-refractivity contribution in [2.75, 3.05) is 13.1 Å². The molecule has 0 bridgehead atoms. The minimum atomic E-state index is -0.399. The minimum absolute atomic E-state index is 0.0621. The van der Waals surface area contributed by atoms with Gasteiger partial charge in [-0.1, -0.05) is 0 Å². The smallest absolute Gasteiger partial charge is 0.166 e. The highest BCUT2D eigenvalue weighted by Gasteiger charge is 2.19. The molecule has 92 valence electrons. The SMILES string of the molecule is O=C(CC1CCNCC1)c1cc(I)ccc1F. The van der Waals surface area contributed by atoms with Crippen molar-refractivity contribution in [3.05, 3.63) is 33.1 Å². The first kappa shape index (κ1) is 13.0. The molecule has 4 heteroatoms. The van der Waals surface area contributed by atoms with Crippen LogP contribution in [0.5, 0.6) is 0 Å². The molecule has 2 rings (SSSR count). The summed E-state index contributed by atoms with van der Waals surface area (Å²) in [6.45, 7) is 1.93. The normalized spacial score (nSPS) is 17.1. The summed E-state index contributed by atoms with van der Waals surface area (Å²) in [7, 11) is 0. The van der Waals surface area contributed by atoms with Crippen molar-refractivity contribution in [3.8, 4) is 0 Å². The Hall–Kier alpha value is -0.490. The van der Waals surface area contributed by atoms with E-state index in [-0.39, 0.29) is 11.3 Å². The van der Waals surface area contributed by atoms with Crippen LogP contribution < -0.4 is 5.32 Å². The summed E-state index contributed by atoms with van der Waals surface area (Å²) in [5.41, 5.74) is 0.246. The monoisotopic (exact) mass is 347 g/mol. The van der Waals surface area contributed by atoms with Crippen LogP contribution in [0, 0.1) is 15.3 Å². The van der Waals surface area contributed by atoms with Crippen molar-refractivity contribution in [2.45, 2.75) is 19.3 Å². The standard InChI is InChI=1S/C13H15FINO/c14-12-2-1-10(15)8-11(12)13(17)7-9-3-5-16-6-4-9/h1-2,8-9,16H,3-7H2. The average Bonchev–Trinajstić information content (AvgIpc) is 2.33. The summed E-state index contributed by atoms with van der Waals surface area (Å²) in [4.78, 5) is 12.0. The van der Waals surface area contributed by atoms with E-state index >= 15 is 0 Å². The molecular formula is C13H15FINO. The third-order valence-corrected chi connectivity index (χ3v) is 3.83. The van der Waals surface area contributed by atoms with Crippen molar-refractivity contribution in [1.82, 2.24) is 5.32 Å². The fraction of sp³-hybridized carbons (Fsp3) is 0.462. The second-order valence-corrected chi connectivity index (χ2v) is 5.69. The zero-order chi connectivity index (χ0) is 12.3. The van der Waals surface area contributed by atoms with Gasteiger partial charge in [0.15, 0.2) is 5.78 Å². The molecule has 0 aromatic heterocycles. The Labute approximate surface area is 114 Å². The molecule has 1 aliphatic heterocycles. The topological polar surface area (TPSA) is 29.1 Å². The van der Waals surface area contributed by atoms with Crippen LogP contribution in [-0.4, -0.2) is 18.9 Å². The van der Waals surface area contributed by atoms with E-state index in [0.29, 0.717) is 12.3 Å². The maximum absolute atomic E-state index is 13.5. The van der Waals surface area contributed by atoms with Gasteiger partial charge in [-0.2, -0.15) is 0 Å². The average molecular weight is 347 g/mol. The second-order valence-electron chi connectivity index (χ2n) is 4.44. The number of hydrogen-bond acceptors (Lipinski definition) is 2. The summed E-state index contributed by atoms with van der Waals surface area (Å²) < 4.78 is 14.4. The lowest BCUT2D eigenvalue weighted by Gasteiger charge is -2.21. The summed E-state index contributed by atoms with van der Waals surface area (Å²) in [5.74, 6) is -0.0571. The molecule has 1 fully saturated rings. The van der Waals surface area contributed by atoms with Crippen molar-refractivity contribution < 1.29 is 9.18 Å². The summed E-state index contributed by atoms with van der Waals surface area (Å²) in [6.07, 6.45) is 2.49. The van der Waals surface area contributed by atoms with Crippen LogP contribution in [0.1, 0.15) is 29.6 Å². The Kier molecular flexibility index (Phi) is 4.50. The molecule has 1 saturated heterocycles. The molecule has 0 spiro atoms. The van der Waals surface area contributed by atoms with Crippen molar-refractivity contribution in [1.29, 1.82) is 0 Å². The number of benzene rings is 1. The molecule has 1 heterocycles. The molecule has 0 radical (unpaired) electrons. The Bertz CT molecular complexity index is 416. The van der Waals surface area contributed by atoms with Gasteiger partial charge in [-0.25, -0.2) is 4.39 Å². The molecule has 0 saturated carbocycles. The van der Waals surface area contributed by atoms with Crippen LogP contribution in [-0.2, 0) is 0 Å². The molecule has 0 atom stereocenters. The van der Waals surface area contributed by atoms with E-state index in [0.717, 1.165) is 29.5 Å². The van der Waals surface area contributed by atoms with Crippen molar-refractivity contribution in [2.24, 2.45) is 5.92 Å². The van der Waals surface area contributed by atoms with E-state index in [2.05, 4.69) is 27.9 Å². The van der Waals surface area contributed by atoms with Crippen LogP contribution in [0.2, 0.25) is 0 Å². The molecular weight excluding hydrogens is 332 g/mol. The highest BCUT2D eigenvalue weighted by molar-refractivity contribution is 14.1. The molecule has 0 unspecified atom stereocenters. The largest absolute Gasteiger partial charge is 0.317 e. The first-order valence-electron chi connectivity index (χ1n) is 5.86. The third kappa shape index (κ3) is 3.48. The number of nitrogens with one attached hydrogen (secondary N) is 1. The Morgan fingerprint density at radius 1 is 1.41 bits per heavy atom.